The lowest BCUT2D eigenvalue weighted by Crippen LogP contribution is -2.35. The topological polar surface area (TPSA) is 264 Å². The molecule has 0 saturated heterocycles. The largest absolute Gasteiger partial charge is 0.481 e. The first kappa shape index (κ1) is 27.0. The Hall–Kier alpha value is -1.23. The molecular formula is C9H17O14P3. The van der Waals surface area contributed by atoms with E-state index in [1.807, 2.05) is 0 Å². The lowest BCUT2D eigenvalue weighted by molar-refractivity contribution is -0.147. The van der Waals surface area contributed by atoms with Gasteiger partial charge in [-0.25, -0.2) is 0 Å². The van der Waals surface area contributed by atoms with Crippen molar-refractivity contribution in [2.24, 2.45) is 0 Å². The first-order chi connectivity index (χ1) is 11.3. The molecule has 0 rings (SSSR count). The Bertz CT molecular complexity index is 620. The molecule has 0 spiro atoms. The Balaban J connectivity index is 0. The molecule has 0 heterocycles. The van der Waals surface area contributed by atoms with Gasteiger partial charge in [0.2, 0.25) is 0 Å². The molecule has 0 fully saturated rings. The Labute approximate surface area is 147 Å². The molecule has 0 aliphatic carbocycles. The van der Waals surface area contributed by atoms with Crippen molar-refractivity contribution >= 4 is 41.6 Å². The average Bonchev–Trinajstić information content (AvgIpc) is 2.40. The molecule has 0 aliphatic rings. The fourth-order valence-electron chi connectivity index (χ4n) is 1.12. The van der Waals surface area contributed by atoms with Crippen molar-refractivity contribution in [1.29, 1.82) is 0 Å². The summed E-state index contributed by atoms with van der Waals surface area (Å²) in [4.78, 5) is 64.3. The van der Waals surface area contributed by atoms with Crippen molar-refractivity contribution in [3.8, 4) is 0 Å². The molecular weight excluding hydrogens is 425 g/mol. The summed E-state index contributed by atoms with van der Waals surface area (Å²) in [5.41, 5.74) is 0. The summed E-state index contributed by atoms with van der Waals surface area (Å²) >= 11 is 0. The number of aliphatic hydroxyl groups is 1. The third kappa shape index (κ3) is 7.98. The van der Waals surface area contributed by atoms with Crippen LogP contribution < -0.4 is 0 Å². The number of carboxylic acid groups (broad SMARTS) is 3. The highest BCUT2D eigenvalue weighted by Crippen LogP contribution is 2.66. The third-order valence-electron chi connectivity index (χ3n) is 2.87. The number of carboxylic acids is 3. The molecule has 26 heavy (non-hydrogen) atoms. The van der Waals surface area contributed by atoms with Gasteiger partial charge in [-0.1, -0.05) is 0 Å². The highest BCUT2D eigenvalue weighted by Gasteiger charge is 2.55. The second-order valence-electron chi connectivity index (χ2n) is 4.95. The van der Waals surface area contributed by atoms with E-state index in [0.717, 1.165) is 0 Å². The second kappa shape index (κ2) is 9.63. The standard InChI is InChI=1S/C7H9O7P.C2H8O7P2/c8-4(9)1-2-7(15-14,6(12)13)3-5(10)11;1-2(3,10(4,5)6)11(7,8)9/h1-3H2,(H,8,9)(H,10,11)(H,12,13);3H,1H3,(H2,4,5,6)(H2,7,8,9). The van der Waals surface area contributed by atoms with E-state index < -0.39 is 71.1 Å². The predicted molar refractivity (Wildman–Crippen MR) is 81.8 cm³/mol. The van der Waals surface area contributed by atoms with Crippen molar-refractivity contribution in [2.45, 2.75) is 36.4 Å². The van der Waals surface area contributed by atoms with Gasteiger partial charge in [0.05, 0.1) is 6.42 Å². The highest BCUT2D eigenvalue weighted by atomic mass is 31.2. The molecule has 0 aliphatic heterocycles. The van der Waals surface area contributed by atoms with Crippen LogP contribution in [0.1, 0.15) is 26.2 Å². The molecule has 0 bridgehead atoms. The molecule has 0 aromatic heterocycles. The molecule has 17 heteroatoms. The summed E-state index contributed by atoms with van der Waals surface area (Å²) in [6.45, 7) is 0.383. The van der Waals surface area contributed by atoms with Gasteiger partial charge in [-0.15, -0.1) is 0 Å². The first-order valence-corrected chi connectivity index (χ1v) is 10.2. The van der Waals surface area contributed by atoms with E-state index in [4.69, 9.17) is 40.0 Å². The molecule has 1 unspecified atom stereocenters. The molecule has 0 aromatic carbocycles. The van der Waals surface area contributed by atoms with Crippen LogP contribution in [0.15, 0.2) is 0 Å². The van der Waals surface area contributed by atoms with Crippen LogP contribution >= 0.6 is 23.7 Å². The molecule has 0 amide bonds. The quantitative estimate of drug-likeness (QED) is 0.208. The fraction of sp³-hybridized carbons (Fsp3) is 0.667. The number of carbonyl (C=O) groups is 3. The maximum absolute atomic E-state index is 10.7. The highest BCUT2D eigenvalue weighted by molar-refractivity contribution is 7.71. The number of rotatable bonds is 9. The minimum Gasteiger partial charge on any atom is -0.481 e. The minimum atomic E-state index is -5.20. The Kier molecular flexibility index (Phi) is 10.0. The van der Waals surface area contributed by atoms with Crippen LogP contribution in [0.25, 0.3) is 0 Å². The van der Waals surface area contributed by atoms with E-state index in [1.165, 1.54) is 0 Å². The molecule has 1 atom stereocenters. The monoisotopic (exact) mass is 442 g/mol. The van der Waals surface area contributed by atoms with Gasteiger partial charge >= 0.3 is 33.1 Å². The van der Waals surface area contributed by atoms with E-state index in [0.29, 0.717) is 6.92 Å². The minimum absolute atomic E-state index is 0.383. The normalized spacial score (nSPS) is 14.7. The second-order valence-corrected chi connectivity index (χ2v) is 10.3. The van der Waals surface area contributed by atoms with Crippen molar-refractivity contribution in [3.63, 3.8) is 0 Å². The molecule has 152 valence electrons. The number of aliphatic carboxylic acids is 3. The van der Waals surface area contributed by atoms with Crippen molar-refractivity contribution < 1.29 is 68.1 Å². The summed E-state index contributed by atoms with van der Waals surface area (Å²) in [5.74, 6) is -4.29. The summed E-state index contributed by atoms with van der Waals surface area (Å²) in [5, 5.41) is 28.8. The lowest BCUT2D eigenvalue weighted by Gasteiger charge is -2.24. The van der Waals surface area contributed by atoms with Crippen LogP contribution in [0, 0.1) is 0 Å². The number of hydrogen-bond donors (Lipinski definition) is 8. The SMILES string of the molecule is CC(O)(P(=O)(O)O)P(=O)(O)O.O=PC(CCC(=O)O)(CC(=O)O)C(=O)O. The smallest absolute Gasteiger partial charge is 0.369 e. The zero-order chi connectivity index (χ0) is 21.6. The fourth-order valence-corrected chi connectivity index (χ4v) is 2.96. The van der Waals surface area contributed by atoms with Crippen LogP contribution in [0.5, 0.6) is 0 Å². The van der Waals surface area contributed by atoms with E-state index >= 15 is 0 Å². The molecule has 14 nitrogen and oxygen atoms in total. The van der Waals surface area contributed by atoms with Crippen molar-refractivity contribution in [1.82, 2.24) is 0 Å². The van der Waals surface area contributed by atoms with Crippen LogP contribution in [0.4, 0.5) is 0 Å². The van der Waals surface area contributed by atoms with Gasteiger partial charge in [0.1, 0.15) is 0 Å². The third-order valence-corrected chi connectivity index (χ3v) is 7.57. The van der Waals surface area contributed by atoms with Gasteiger partial charge in [-0.05, 0) is 13.3 Å². The van der Waals surface area contributed by atoms with Crippen LogP contribution in [0.2, 0.25) is 0 Å². The van der Waals surface area contributed by atoms with Crippen molar-refractivity contribution in [3.05, 3.63) is 0 Å². The van der Waals surface area contributed by atoms with E-state index in [1.54, 1.807) is 0 Å². The van der Waals surface area contributed by atoms with E-state index in [-0.39, 0.29) is 0 Å². The molecule has 0 radical (unpaired) electrons. The van der Waals surface area contributed by atoms with E-state index in [9.17, 15) is 28.1 Å². The summed E-state index contributed by atoms with van der Waals surface area (Å²) in [6, 6.07) is 0. The van der Waals surface area contributed by atoms with Crippen LogP contribution in [-0.4, -0.2) is 68.1 Å². The van der Waals surface area contributed by atoms with Gasteiger partial charge < -0.3 is 40.0 Å². The summed E-state index contributed by atoms with van der Waals surface area (Å²) < 4.78 is 31.2. The maximum Gasteiger partial charge on any atom is 0.369 e. The first-order valence-electron chi connectivity index (χ1n) is 6.19. The molecule has 0 aromatic rings. The Morgan fingerprint density at radius 3 is 1.46 bits per heavy atom. The lowest BCUT2D eigenvalue weighted by atomic mass is 9.98. The van der Waals surface area contributed by atoms with E-state index in [2.05, 4.69) is 0 Å². The molecule has 8 N–H and O–H groups in total. The van der Waals surface area contributed by atoms with Gasteiger partial charge in [0.15, 0.2) is 13.6 Å². The zero-order valence-corrected chi connectivity index (χ0v) is 15.7. The van der Waals surface area contributed by atoms with Gasteiger partial charge in [-0.3, -0.25) is 28.1 Å². The van der Waals surface area contributed by atoms with Gasteiger partial charge in [-0.2, -0.15) is 0 Å². The van der Waals surface area contributed by atoms with Crippen molar-refractivity contribution in [2.75, 3.05) is 0 Å². The summed E-state index contributed by atoms with van der Waals surface area (Å²) in [7, 11) is -11.3. The van der Waals surface area contributed by atoms with Crippen LogP contribution in [-0.2, 0) is 28.1 Å². The predicted octanol–water partition coefficient (Wildman–Crippen LogP) is -0.551. The average molecular weight is 442 g/mol. The van der Waals surface area contributed by atoms with Gasteiger partial charge in [0, 0.05) is 6.42 Å². The zero-order valence-electron chi connectivity index (χ0n) is 13.0. The Morgan fingerprint density at radius 1 is 0.923 bits per heavy atom. The maximum atomic E-state index is 10.7. The van der Waals surface area contributed by atoms with Crippen LogP contribution in [0.3, 0.4) is 0 Å². The molecule has 0 saturated carbocycles. The van der Waals surface area contributed by atoms with Gasteiger partial charge in [0.25, 0.3) is 5.08 Å². The Morgan fingerprint density at radius 2 is 1.31 bits per heavy atom. The summed E-state index contributed by atoms with van der Waals surface area (Å²) in [6.07, 6.45) is -1.91. The number of hydrogen-bond acceptors (Lipinski definition) is 7.